The summed E-state index contributed by atoms with van der Waals surface area (Å²) >= 11 is 0. The number of hydrogen-bond acceptors (Lipinski definition) is 8. The molecule has 0 saturated carbocycles. The van der Waals surface area contributed by atoms with Gasteiger partial charge in [0, 0.05) is 19.2 Å². The molecule has 9 heteroatoms. The number of aromatic nitrogens is 2. The summed E-state index contributed by atoms with van der Waals surface area (Å²) in [7, 11) is 0. The van der Waals surface area contributed by atoms with E-state index < -0.39 is 18.5 Å². The number of nitrogens with zero attached hydrogens (tertiary/aromatic N) is 3. The van der Waals surface area contributed by atoms with E-state index in [-0.39, 0.29) is 5.69 Å². The van der Waals surface area contributed by atoms with Crippen molar-refractivity contribution in [2.24, 2.45) is 0 Å². The molecular formula is C21H26N4O5. The molecule has 0 spiro atoms. The van der Waals surface area contributed by atoms with E-state index >= 15 is 0 Å². The highest BCUT2D eigenvalue weighted by atomic mass is 16.5. The molecule has 0 atom stereocenters. The zero-order valence-corrected chi connectivity index (χ0v) is 17.2. The lowest BCUT2D eigenvalue weighted by molar-refractivity contribution is -0.119. The van der Waals surface area contributed by atoms with Gasteiger partial charge in [0.15, 0.2) is 18.1 Å². The first-order chi connectivity index (χ1) is 14.6. The van der Waals surface area contributed by atoms with Crippen LogP contribution in [-0.4, -0.2) is 55.0 Å². The van der Waals surface area contributed by atoms with Gasteiger partial charge in [-0.1, -0.05) is 0 Å². The van der Waals surface area contributed by atoms with Crippen molar-refractivity contribution in [2.45, 2.75) is 26.7 Å². The molecule has 1 saturated heterocycles. The van der Waals surface area contributed by atoms with Crippen LogP contribution in [0.5, 0.6) is 11.5 Å². The lowest BCUT2D eigenvalue weighted by Gasteiger charge is -2.15. The summed E-state index contributed by atoms with van der Waals surface area (Å²) in [6.07, 6.45) is 2.25. The van der Waals surface area contributed by atoms with Gasteiger partial charge in [-0.15, -0.1) is 10.2 Å². The molecule has 1 N–H and O–H groups in total. The van der Waals surface area contributed by atoms with Crippen molar-refractivity contribution in [3.05, 3.63) is 36.0 Å². The minimum Gasteiger partial charge on any atom is -0.494 e. The number of rotatable bonds is 9. The van der Waals surface area contributed by atoms with E-state index in [4.69, 9.17) is 14.2 Å². The molecule has 1 aromatic carbocycles. The van der Waals surface area contributed by atoms with Gasteiger partial charge in [-0.2, -0.15) is 0 Å². The largest absolute Gasteiger partial charge is 0.494 e. The fourth-order valence-corrected chi connectivity index (χ4v) is 3.08. The molecule has 2 heterocycles. The Kier molecular flexibility index (Phi) is 7.42. The number of benzene rings is 1. The summed E-state index contributed by atoms with van der Waals surface area (Å²) in [6, 6.07) is 8.43. The molecule has 2 aromatic rings. The maximum atomic E-state index is 12.3. The molecule has 9 nitrogen and oxygen atoms in total. The second-order valence-electron chi connectivity index (χ2n) is 6.62. The first-order valence-electron chi connectivity index (χ1n) is 10.1. The summed E-state index contributed by atoms with van der Waals surface area (Å²) < 4.78 is 16.0. The fourth-order valence-electron chi connectivity index (χ4n) is 3.08. The second-order valence-corrected chi connectivity index (χ2v) is 6.62. The van der Waals surface area contributed by atoms with Crippen LogP contribution in [0.1, 0.15) is 37.2 Å². The molecule has 30 heavy (non-hydrogen) atoms. The average molecular weight is 414 g/mol. The smallest absolute Gasteiger partial charge is 0.359 e. The van der Waals surface area contributed by atoms with Crippen molar-refractivity contribution in [2.75, 3.05) is 43.1 Å². The molecule has 1 amide bonds. The number of anilines is 2. The number of esters is 1. The molecular weight excluding hydrogens is 388 g/mol. The first kappa shape index (κ1) is 21.4. The average Bonchev–Trinajstić information content (AvgIpc) is 3.29. The van der Waals surface area contributed by atoms with Crippen molar-refractivity contribution in [3.63, 3.8) is 0 Å². The Morgan fingerprint density at radius 3 is 2.47 bits per heavy atom. The summed E-state index contributed by atoms with van der Waals surface area (Å²) in [5.41, 5.74) is 0.498. The molecule has 1 aliphatic rings. The Bertz CT molecular complexity index is 866. The lowest BCUT2D eigenvalue weighted by atomic mass is 10.2. The Hall–Kier alpha value is -3.36. The SMILES string of the molecule is CCOc1ccc(OCC)c(NC(=O)COC(=O)c2ccc(N3CCCC3)nn2)c1. The van der Waals surface area contributed by atoms with E-state index in [0.717, 1.165) is 31.7 Å². The maximum Gasteiger partial charge on any atom is 0.359 e. The minimum atomic E-state index is -0.710. The van der Waals surface area contributed by atoms with E-state index in [1.807, 2.05) is 13.8 Å². The van der Waals surface area contributed by atoms with Crippen LogP contribution < -0.4 is 19.7 Å². The van der Waals surface area contributed by atoms with Crippen LogP contribution in [0.15, 0.2) is 30.3 Å². The molecule has 1 aliphatic heterocycles. The van der Waals surface area contributed by atoms with Crippen molar-refractivity contribution in [1.82, 2.24) is 10.2 Å². The van der Waals surface area contributed by atoms with Gasteiger partial charge in [-0.3, -0.25) is 4.79 Å². The highest BCUT2D eigenvalue weighted by molar-refractivity contribution is 5.96. The molecule has 1 aromatic heterocycles. The van der Waals surface area contributed by atoms with Crippen LogP contribution in [-0.2, 0) is 9.53 Å². The summed E-state index contributed by atoms with van der Waals surface area (Å²) in [6.45, 7) is 6.07. The van der Waals surface area contributed by atoms with Gasteiger partial charge < -0.3 is 24.4 Å². The Labute approximate surface area is 175 Å². The van der Waals surface area contributed by atoms with Crippen LogP contribution in [0.25, 0.3) is 0 Å². The number of ether oxygens (including phenoxy) is 3. The van der Waals surface area contributed by atoms with Crippen molar-refractivity contribution in [3.8, 4) is 11.5 Å². The van der Waals surface area contributed by atoms with E-state index in [1.54, 1.807) is 30.3 Å². The molecule has 0 bridgehead atoms. The highest BCUT2D eigenvalue weighted by Crippen LogP contribution is 2.29. The van der Waals surface area contributed by atoms with Gasteiger partial charge in [0.05, 0.1) is 18.9 Å². The predicted octanol–water partition coefficient (Wildman–Crippen LogP) is 2.67. The van der Waals surface area contributed by atoms with Crippen LogP contribution in [0.4, 0.5) is 11.5 Å². The quantitative estimate of drug-likeness (QED) is 0.625. The van der Waals surface area contributed by atoms with Gasteiger partial charge in [0.2, 0.25) is 0 Å². The Balaban J connectivity index is 1.56. The van der Waals surface area contributed by atoms with E-state index in [9.17, 15) is 9.59 Å². The molecule has 0 aliphatic carbocycles. The third-order valence-corrected chi connectivity index (χ3v) is 4.46. The van der Waals surface area contributed by atoms with Gasteiger partial charge in [-0.05, 0) is 51.0 Å². The van der Waals surface area contributed by atoms with Crippen molar-refractivity contribution >= 4 is 23.4 Å². The maximum absolute atomic E-state index is 12.3. The second kappa shape index (κ2) is 10.4. The molecule has 1 fully saturated rings. The van der Waals surface area contributed by atoms with Crippen LogP contribution >= 0.6 is 0 Å². The number of carbonyl (C=O) groups is 2. The molecule has 160 valence electrons. The predicted molar refractivity (Wildman–Crippen MR) is 111 cm³/mol. The van der Waals surface area contributed by atoms with Crippen LogP contribution in [0, 0.1) is 0 Å². The molecule has 0 unspecified atom stereocenters. The standard InChI is InChI=1S/C21H26N4O5/c1-3-28-15-7-9-18(29-4-2)17(13-15)22-20(26)14-30-21(27)16-8-10-19(24-23-16)25-11-5-6-12-25/h7-10,13H,3-6,11-12,14H2,1-2H3,(H,22,26). The Morgan fingerprint density at radius 1 is 1.03 bits per heavy atom. The normalized spacial score (nSPS) is 13.1. The molecule has 3 rings (SSSR count). The topological polar surface area (TPSA) is 103 Å². The van der Waals surface area contributed by atoms with Crippen LogP contribution in [0.3, 0.4) is 0 Å². The third kappa shape index (κ3) is 5.59. The number of carbonyl (C=O) groups excluding carboxylic acids is 2. The monoisotopic (exact) mass is 414 g/mol. The van der Waals surface area contributed by atoms with E-state index in [0.29, 0.717) is 30.4 Å². The Morgan fingerprint density at radius 2 is 1.80 bits per heavy atom. The lowest BCUT2D eigenvalue weighted by Crippen LogP contribution is -2.23. The van der Waals surface area contributed by atoms with Crippen molar-refractivity contribution in [1.29, 1.82) is 0 Å². The summed E-state index contributed by atoms with van der Waals surface area (Å²) in [5, 5.41) is 10.7. The van der Waals surface area contributed by atoms with E-state index in [2.05, 4.69) is 20.4 Å². The zero-order valence-electron chi connectivity index (χ0n) is 17.2. The number of hydrogen-bond donors (Lipinski definition) is 1. The number of amides is 1. The van der Waals surface area contributed by atoms with Gasteiger partial charge in [0.25, 0.3) is 5.91 Å². The fraction of sp³-hybridized carbons (Fsp3) is 0.429. The third-order valence-electron chi connectivity index (χ3n) is 4.46. The van der Waals surface area contributed by atoms with E-state index in [1.165, 1.54) is 0 Å². The van der Waals surface area contributed by atoms with Gasteiger partial charge >= 0.3 is 5.97 Å². The minimum absolute atomic E-state index is 0.0547. The zero-order chi connectivity index (χ0) is 21.3. The first-order valence-corrected chi connectivity index (χ1v) is 10.1. The van der Waals surface area contributed by atoms with Crippen molar-refractivity contribution < 1.29 is 23.8 Å². The van der Waals surface area contributed by atoms with Crippen LogP contribution in [0.2, 0.25) is 0 Å². The molecule has 0 radical (unpaired) electrons. The van der Waals surface area contributed by atoms with Gasteiger partial charge in [-0.25, -0.2) is 4.79 Å². The van der Waals surface area contributed by atoms with Gasteiger partial charge in [0.1, 0.15) is 11.5 Å². The summed E-state index contributed by atoms with van der Waals surface area (Å²) in [4.78, 5) is 26.6. The number of nitrogens with one attached hydrogen (secondary N) is 1. The highest BCUT2D eigenvalue weighted by Gasteiger charge is 2.17. The summed E-state index contributed by atoms with van der Waals surface area (Å²) in [5.74, 6) is 0.628.